The molecular weight excluding hydrogens is 364 g/mol. The fourth-order valence-corrected chi connectivity index (χ4v) is 4.11. The van der Waals surface area contributed by atoms with Crippen LogP contribution in [0.3, 0.4) is 0 Å². The quantitative estimate of drug-likeness (QED) is 0.817. The summed E-state index contributed by atoms with van der Waals surface area (Å²) in [6.45, 7) is 4.74. The number of anilines is 3. The Morgan fingerprint density at radius 3 is 2.59 bits per heavy atom. The third-order valence-corrected chi connectivity index (χ3v) is 6.41. The van der Waals surface area contributed by atoms with E-state index >= 15 is 0 Å². The number of rotatable bonds is 6. The summed E-state index contributed by atoms with van der Waals surface area (Å²) < 4.78 is 23.4. The van der Waals surface area contributed by atoms with Gasteiger partial charge in [0.2, 0.25) is 11.9 Å². The molecule has 1 amide bonds. The van der Waals surface area contributed by atoms with Gasteiger partial charge in [0.15, 0.2) is 9.84 Å². The summed E-state index contributed by atoms with van der Waals surface area (Å²) in [7, 11) is -3.30. The first-order valence-corrected chi connectivity index (χ1v) is 10.9. The van der Waals surface area contributed by atoms with E-state index in [4.69, 9.17) is 0 Å². The minimum absolute atomic E-state index is 0.108. The van der Waals surface area contributed by atoms with Crippen LogP contribution in [0, 0.1) is 5.41 Å². The summed E-state index contributed by atoms with van der Waals surface area (Å²) in [5, 5.41) is 3.02. The number of carbonyl (C=O) groups is 1. The van der Waals surface area contributed by atoms with Gasteiger partial charge in [0.25, 0.3) is 0 Å². The summed E-state index contributed by atoms with van der Waals surface area (Å²) in [5.41, 5.74) is 0.266. The van der Waals surface area contributed by atoms with Crippen molar-refractivity contribution >= 4 is 33.2 Å². The van der Waals surface area contributed by atoms with Gasteiger partial charge in [-0.3, -0.25) is 9.69 Å². The van der Waals surface area contributed by atoms with Crippen molar-refractivity contribution in [3.8, 4) is 0 Å². The molecule has 0 aliphatic carbocycles. The van der Waals surface area contributed by atoms with Crippen LogP contribution in [0.1, 0.15) is 33.1 Å². The van der Waals surface area contributed by atoms with Gasteiger partial charge in [-0.05, 0) is 43.5 Å². The molecule has 0 radical (unpaired) electrons. The second kappa shape index (κ2) is 7.26. The zero-order valence-electron chi connectivity index (χ0n) is 15.8. The highest BCUT2D eigenvalue weighted by atomic mass is 32.2. The molecule has 1 saturated heterocycles. The fourth-order valence-electron chi connectivity index (χ4n) is 3.44. The molecule has 8 heteroatoms. The van der Waals surface area contributed by atoms with Crippen LogP contribution >= 0.6 is 0 Å². The maximum Gasteiger partial charge on any atom is 0.234 e. The molecule has 1 aromatic carbocycles. The van der Waals surface area contributed by atoms with E-state index in [0.717, 1.165) is 25.5 Å². The minimum Gasteiger partial charge on any atom is -0.324 e. The van der Waals surface area contributed by atoms with Gasteiger partial charge in [-0.2, -0.15) is 4.98 Å². The average molecular weight is 388 g/mol. The van der Waals surface area contributed by atoms with Crippen molar-refractivity contribution in [2.75, 3.05) is 23.0 Å². The number of amides is 1. The number of nitrogens with zero attached hydrogens (tertiary/aromatic N) is 3. The van der Waals surface area contributed by atoms with Crippen LogP contribution in [0.15, 0.2) is 41.4 Å². The van der Waals surface area contributed by atoms with Gasteiger partial charge < -0.3 is 5.32 Å². The maximum absolute atomic E-state index is 12.9. The van der Waals surface area contributed by atoms with E-state index in [1.165, 1.54) is 12.1 Å². The first kappa shape index (κ1) is 19.3. The van der Waals surface area contributed by atoms with Gasteiger partial charge in [-0.15, -0.1) is 0 Å². The Kier molecular flexibility index (Phi) is 5.19. The lowest BCUT2D eigenvalue weighted by molar-refractivity contribution is -0.125. The predicted molar refractivity (Wildman–Crippen MR) is 105 cm³/mol. The van der Waals surface area contributed by atoms with E-state index < -0.39 is 9.84 Å². The lowest BCUT2D eigenvalue weighted by Gasteiger charge is -2.24. The molecular formula is C19H24N4O3S. The molecule has 1 aliphatic rings. The van der Waals surface area contributed by atoms with Crippen LogP contribution in [-0.2, 0) is 14.6 Å². The molecule has 1 aromatic heterocycles. The first-order chi connectivity index (χ1) is 12.8. The van der Waals surface area contributed by atoms with Crippen LogP contribution < -0.4 is 10.2 Å². The Balaban J connectivity index is 1.84. The molecule has 0 atom stereocenters. The van der Waals surface area contributed by atoms with Crippen molar-refractivity contribution in [1.29, 1.82) is 0 Å². The molecule has 0 unspecified atom stereocenters. The van der Waals surface area contributed by atoms with Crippen LogP contribution in [0.4, 0.5) is 17.5 Å². The van der Waals surface area contributed by atoms with Crippen molar-refractivity contribution in [1.82, 2.24) is 9.97 Å². The smallest absolute Gasteiger partial charge is 0.234 e. The second-order valence-corrected chi connectivity index (χ2v) is 8.87. The standard InChI is InChI=1S/C19H24N4O3S/c1-4-19(5-2)10-12-23(17(19)24)16-9-11-20-18(22-16)21-14-7-6-8-15(13-14)27(3,25)26/h6-9,11,13H,4-5,10,12H2,1-3H3,(H,20,21,22). The number of sulfone groups is 1. The highest BCUT2D eigenvalue weighted by Gasteiger charge is 2.44. The van der Waals surface area contributed by atoms with E-state index in [0.29, 0.717) is 24.0 Å². The molecule has 1 fully saturated rings. The van der Waals surface area contributed by atoms with Crippen LogP contribution in [-0.4, -0.2) is 37.1 Å². The lowest BCUT2D eigenvalue weighted by atomic mass is 9.81. The predicted octanol–water partition coefficient (Wildman–Crippen LogP) is 3.17. The highest BCUT2D eigenvalue weighted by molar-refractivity contribution is 7.90. The van der Waals surface area contributed by atoms with Gasteiger partial charge >= 0.3 is 0 Å². The summed E-state index contributed by atoms with van der Waals surface area (Å²) in [6.07, 6.45) is 5.20. The molecule has 0 bridgehead atoms. The SMILES string of the molecule is CCC1(CC)CCN(c2ccnc(Nc3cccc(S(C)(=O)=O)c3)n2)C1=O. The monoisotopic (exact) mass is 388 g/mol. The topological polar surface area (TPSA) is 92.3 Å². The molecule has 1 aliphatic heterocycles. The third kappa shape index (κ3) is 3.80. The number of benzene rings is 1. The van der Waals surface area contributed by atoms with E-state index in [1.54, 1.807) is 29.3 Å². The summed E-state index contributed by atoms with van der Waals surface area (Å²) in [4.78, 5) is 23.5. The lowest BCUT2D eigenvalue weighted by Crippen LogP contribution is -2.34. The van der Waals surface area contributed by atoms with Gasteiger partial charge in [0.05, 0.1) is 10.3 Å². The Labute approximate surface area is 159 Å². The van der Waals surface area contributed by atoms with Crippen molar-refractivity contribution < 1.29 is 13.2 Å². The molecule has 27 heavy (non-hydrogen) atoms. The van der Waals surface area contributed by atoms with Crippen LogP contribution in [0.5, 0.6) is 0 Å². The Morgan fingerprint density at radius 1 is 1.22 bits per heavy atom. The Bertz CT molecular complexity index is 955. The summed E-state index contributed by atoms with van der Waals surface area (Å²) >= 11 is 0. The summed E-state index contributed by atoms with van der Waals surface area (Å²) in [6, 6.07) is 8.19. The molecule has 0 spiro atoms. The first-order valence-electron chi connectivity index (χ1n) is 9.01. The zero-order valence-corrected chi connectivity index (χ0v) is 16.6. The van der Waals surface area contributed by atoms with Crippen LogP contribution in [0.25, 0.3) is 0 Å². The maximum atomic E-state index is 12.9. The summed E-state index contributed by atoms with van der Waals surface area (Å²) in [5.74, 6) is 0.980. The van der Waals surface area contributed by atoms with Crippen LogP contribution in [0.2, 0.25) is 0 Å². The Hall–Kier alpha value is -2.48. The third-order valence-electron chi connectivity index (χ3n) is 5.30. The van der Waals surface area contributed by atoms with E-state index in [9.17, 15) is 13.2 Å². The zero-order chi connectivity index (χ0) is 19.7. The largest absolute Gasteiger partial charge is 0.324 e. The normalized spacial score (nSPS) is 16.6. The molecule has 1 N–H and O–H groups in total. The number of aromatic nitrogens is 2. The van der Waals surface area contributed by atoms with Gasteiger partial charge in [0, 0.05) is 24.7 Å². The van der Waals surface area contributed by atoms with Crippen molar-refractivity contribution in [2.24, 2.45) is 5.41 Å². The highest BCUT2D eigenvalue weighted by Crippen LogP contribution is 2.40. The Morgan fingerprint density at radius 2 is 1.96 bits per heavy atom. The molecule has 144 valence electrons. The van der Waals surface area contributed by atoms with Crippen molar-refractivity contribution in [3.05, 3.63) is 36.5 Å². The van der Waals surface area contributed by atoms with E-state index in [2.05, 4.69) is 15.3 Å². The van der Waals surface area contributed by atoms with Gasteiger partial charge in [-0.25, -0.2) is 13.4 Å². The number of hydrogen-bond acceptors (Lipinski definition) is 6. The molecule has 2 heterocycles. The van der Waals surface area contributed by atoms with Crippen molar-refractivity contribution in [3.63, 3.8) is 0 Å². The number of carbonyl (C=O) groups excluding carboxylic acids is 1. The van der Waals surface area contributed by atoms with Gasteiger partial charge in [0.1, 0.15) is 5.82 Å². The second-order valence-electron chi connectivity index (χ2n) is 6.86. The fraction of sp³-hybridized carbons (Fsp3) is 0.421. The molecule has 3 rings (SSSR count). The van der Waals surface area contributed by atoms with Crippen molar-refractivity contribution in [2.45, 2.75) is 38.0 Å². The number of hydrogen-bond donors (Lipinski definition) is 1. The van der Waals surface area contributed by atoms with E-state index in [1.807, 2.05) is 13.8 Å². The minimum atomic E-state index is -3.30. The molecule has 2 aromatic rings. The average Bonchev–Trinajstić information content (AvgIpc) is 2.98. The number of nitrogens with one attached hydrogen (secondary N) is 1. The molecule has 0 saturated carbocycles. The van der Waals surface area contributed by atoms with Gasteiger partial charge in [-0.1, -0.05) is 19.9 Å². The molecule has 7 nitrogen and oxygen atoms in total. The van der Waals surface area contributed by atoms with E-state index in [-0.39, 0.29) is 16.2 Å².